The van der Waals surface area contributed by atoms with Gasteiger partial charge in [-0.15, -0.1) is 0 Å². The van der Waals surface area contributed by atoms with Gasteiger partial charge >= 0.3 is 6.09 Å². The lowest BCUT2D eigenvalue weighted by molar-refractivity contribution is 0.0991. The van der Waals surface area contributed by atoms with Crippen molar-refractivity contribution in [2.75, 3.05) is 18.8 Å². The highest BCUT2D eigenvalue weighted by molar-refractivity contribution is 8.13. The van der Waals surface area contributed by atoms with Crippen LogP contribution in [-0.2, 0) is 20.4 Å². The Morgan fingerprint density at radius 1 is 1.24 bits per heavy atom. The highest BCUT2D eigenvalue weighted by atomic mass is 35.7. The molecule has 1 saturated heterocycles. The maximum atomic E-state index is 11.9. The number of ether oxygens (including phenoxy) is 1. The number of fused-ring (bicyclic) bond motifs is 1. The number of nitrogens with zero attached hydrogens (tertiary/aromatic N) is 1. The third-order valence-electron chi connectivity index (χ3n) is 4.23. The lowest BCUT2D eigenvalue weighted by Crippen LogP contribution is -2.32. The van der Waals surface area contributed by atoms with Crippen molar-refractivity contribution in [3.63, 3.8) is 0 Å². The first-order valence-corrected chi connectivity index (χ1v) is 9.30. The van der Waals surface area contributed by atoms with Crippen molar-refractivity contribution in [2.24, 2.45) is 17.8 Å². The first kappa shape index (κ1) is 14.7. The van der Waals surface area contributed by atoms with Crippen LogP contribution in [0.25, 0.3) is 0 Å². The highest BCUT2D eigenvalue weighted by Gasteiger charge is 2.57. The summed E-state index contributed by atoms with van der Waals surface area (Å²) in [6.45, 7) is 1.38. The first-order valence-electron chi connectivity index (χ1n) is 6.82. The topological polar surface area (TPSA) is 63.7 Å². The van der Waals surface area contributed by atoms with Gasteiger partial charge in [0.1, 0.15) is 6.61 Å². The van der Waals surface area contributed by atoms with Crippen LogP contribution in [0, 0.1) is 17.8 Å². The largest absolute Gasteiger partial charge is 0.445 e. The molecule has 2 aliphatic rings. The fourth-order valence-corrected chi connectivity index (χ4v) is 4.48. The summed E-state index contributed by atoms with van der Waals surface area (Å²) >= 11 is 0. The van der Waals surface area contributed by atoms with E-state index in [2.05, 4.69) is 0 Å². The molecule has 1 unspecified atom stereocenters. The minimum Gasteiger partial charge on any atom is -0.445 e. The summed E-state index contributed by atoms with van der Waals surface area (Å²) in [5, 5.41) is 0. The average Bonchev–Trinajstić information content (AvgIpc) is 2.88. The minimum absolute atomic E-state index is 0.0107. The van der Waals surface area contributed by atoms with Crippen LogP contribution < -0.4 is 0 Å². The summed E-state index contributed by atoms with van der Waals surface area (Å²) in [7, 11) is 1.81. The summed E-state index contributed by atoms with van der Waals surface area (Å²) in [4.78, 5) is 13.6. The number of amides is 1. The zero-order valence-electron chi connectivity index (χ0n) is 11.3. The molecule has 3 atom stereocenters. The number of benzene rings is 1. The lowest BCUT2D eigenvalue weighted by Gasteiger charge is -2.19. The van der Waals surface area contributed by atoms with E-state index in [0.717, 1.165) is 5.56 Å². The highest BCUT2D eigenvalue weighted by Crippen LogP contribution is 2.52. The van der Waals surface area contributed by atoms with Crippen LogP contribution in [0.2, 0.25) is 0 Å². The maximum absolute atomic E-state index is 11.9. The van der Waals surface area contributed by atoms with Gasteiger partial charge in [-0.3, -0.25) is 0 Å². The van der Waals surface area contributed by atoms with E-state index >= 15 is 0 Å². The molecule has 1 aliphatic heterocycles. The van der Waals surface area contributed by atoms with Crippen molar-refractivity contribution in [3.8, 4) is 0 Å². The van der Waals surface area contributed by atoms with Crippen molar-refractivity contribution in [1.29, 1.82) is 0 Å². The molecule has 1 amide bonds. The SMILES string of the molecule is O=C(OCc1ccccc1)N1C[C@@H]2C(CS(=O)(=O)Cl)[C@@H]2C1. The second-order valence-corrected chi connectivity index (χ2v) is 8.46. The molecule has 1 aromatic rings. The van der Waals surface area contributed by atoms with E-state index in [4.69, 9.17) is 15.4 Å². The molecule has 1 aromatic carbocycles. The molecule has 1 aliphatic carbocycles. The maximum Gasteiger partial charge on any atom is 0.410 e. The summed E-state index contributed by atoms with van der Waals surface area (Å²) in [6.07, 6.45) is -0.335. The first-order chi connectivity index (χ1) is 9.94. The zero-order chi connectivity index (χ0) is 15.0. The number of carbonyl (C=O) groups excluding carboxylic acids is 1. The summed E-state index contributed by atoms with van der Waals surface area (Å²) in [5.74, 6) is 0.618. The summed E-state index contributed by atoms with van der Waals surface area (Å²) in [6, 6.07) is 9.49. The van der Waals surface area contributed by atoms with Gasteiger partial charge in [-0.05, 0) is 23.3 Å². The van der Waals surface area contributed by atoms with Crippen LogP contribution in [0.4, 0.5) is 4.79 Å². The van der Waals surface area contributed by atoms with E-state index in [0.29, 0.717) is 13.1 Å². The predicted octanol–water partition coefficient (Wildman–Crippen LogP) is 2.07. The molecular formula is C14H16ClNO4S. The Balaban J connectivity index is 1.45. The molecule has 2 fully saturated rings. The van der Waals surface area contributed by atoms with Crippen molar-refractivity contribution >= 4 is 25.8 Å². The molecular weight excluding hydrogens is 314 g/mol. The van der Waals surface area contributed by atoms with Crippen LogP contribution in [0.3, 0.4) is 0 Å². The second-order valence-electron chi connectivity index (χ2n) is 5.64. The predicted molar refractivity (Wildman–Crippen MR) is 78.3 cm³/mol. The molecule has 0 spiro atoms. The molecule has 7 heteroatoms. The van der Waals surface area contributed by atoms with Gasteiger partial charge in [0.15, 0.2) is 0 Å². The number of halogens is 1. The Morgan fingerprint density at radius 2 is 1.86 bits per heavy atom. The fourth-order valence-electron chi connectivity index (χ4n) is 3.09. The van der Waals surface area contributed by atoms with E-state index < -0.39 is 9.05 Å². The molecule has 21 heavy (non-hydrogen) atoms. The molecule has 3 rings (SSSR count). The molecule has 0 bridgehead atoms. The second kappa shape index (κ2) is 5.50. The number of piperidine rings is 1. The van der Waals surface area contributed by atoms with Gasteiger partial charge in [-0.25, -0.2) is 13.2 Å². The number of hydrogen-bond acceptors (Lipinski definition) is 4. The Labute approximate surface area is 128 Å². The Morgan fingerprint density at radius 3 is 2.43 bits per heavy atom. The lowest BCUT2D eigenvalue weighted by atomic mass is 10.2. The van der Waals surface area contributed by atoms with Gasteiger partial charge < -0.3 is 9.64 Å². The van der Waals surface area contributed by atoms with Crippen molar-refractivity contribution in [3.05, 3.63) is 35.9 Å². The standard InChI is InChI=1S/C14H16ClNO4S/c15-21(18,19)9-13-11-6-16(7-12(11)13)14(17)20-8-10-4-2-1-3-5-10/h1-5,11-13H,6-9H2/t11-,12+,13?. The van der Waals surface area contributed by atoms with E-state index in [1.54, 1.807) is 4.90 Å². The van der Waals surface area contributed by atoms with Crippen molar-refractivity contribution in [2.45, 2.75) is 6.61 Å². The van der Waals surface area contributed by atoms with E-state index in [-0.39, 0.29) is 36.2 Å². The minimum atomic E-state index is -3.45. The van der Waals surface area contributed by atoms with Crippen LogP contribution in [0.1, 0.15) is 5.56 Å². The molecule has 1 heterocycles. The summed E-state index contributed by atoms with van der Waals surface area (Å²) in [5.41, 5.74) is 0.946. The van der Waals surface area contributed by atoms with E-state index in [1.807, 2.05) is 30.3 Å². The normalized spacial score (nSPS) is 27.3. The monoisotopic (exact) mass is 329 g/mol. The zero-order valence-corrected chi connectivity index (χ0v) is 12.9. The molecule has 5 nitrogen and oxygen atoms in total. The van der Waals surface area contributed by atoms with Crippen molar-refractivity contribution in [1.82, 2.24) is 4.90 Å². The van der Waals surface area contributed by atoms with Gasteiger partial charge in [0.05, 0.1) is 5.75 Å². The van der Waals surface area contributed by atoms with E-state index in [1.165, 1.54) is 0 Å². The van der Waals surface area contributed by atoms with Gasteiger partial charge in [0.2, 0.25) is 9.05 Å². The van der Waals surface area contributed by atoms with Crippen LogP contribution in [-0.4, -0.2) is 38.3 Å². The number of hydrogen-bond donors (Lipinski definition) is 0. The summed E-state index contributed by atoms with van der Waals surface area (Å²) < 4.78 is 27.4. The smallest absolute Gasteiger partial charge is 0.410 e. The number of rotatable bonds is 4. The Kier molecular flexibility index (Phi) is 3.84. The van der Waals surface area contributed by atoms with Gasteiger partial charge in [-0.2, -0.15) is 0 Å². The molecule has 0 N–H and O–H groups in total. The third kappa shape index (κ3) is 3.49. The van der Waals surface area contributed by atoms with Gasteiger partial charge in [0, 0.05) is 23.8 Å². The third-order valence-corrected chi connectivity index (χ3v) is 5.39. The van der Waals surface area contributed by atoms with E-state index in [9.17, 15) is 13.2 Å². The molecule has 0 radical (unpaired) electrons. The van der Waals surface area contributed by atoms with Crippen LogP contribution in [0.5, 0.6) is 0 Å². The van der Waals surface area contributed by atoms with Crippen LogP contribution >= 0.6 is 10.7 Å². The number of likely N-dealkylation sites (tertiary alicyclic amines) is 1. The Bertz CT molecular complexity index is 622. The van der Waals surface area contributed by atoms with Crippen molar-refractivity contribution < 1.29 is 17.9 Å². The van der Waals surface area contributed by atoms with Gasteiger partial charge in [0.25, 0.3) is 0 Å². The fraction of sp³-hybridized carbons (Fsp3) is 0.500. The quantitative estimate of drug-likeness (QED) is 0.793. The average molecular weight is 330 g/mol. The Hall–Kier alpha value is -1.27. The van der Waals surface area contributed by atoms with Gasteiger partial charge in [-0.1, -0.05) is 30.3 Å². The van der Waals surface area contributed by atoms with Crippen LogP contribution in [0.15, 0.2) is 30.3 Å². The molecule has 0 aromatic heterocycles. The number of carbonyl (C=O) groups is 1. The molecule has 114 valence electrons. The molecule has 1 saturated carbocycles.